The maximum absolute atomic E-state index is 14.4. The minimum Gasteiger partial charge on any atom is -0.352 e. The van der Waals surface area contributed by atoms with E-state index in [-0.39, 0.29) is 17.3 Å². The van der Waals surface area contributed by atoms with Gasteiger partial charge in [0.25, 0.3) is 0 Å². The van der Waals surface area contributed by atoms with Crippen molar-refractivity contribution in [1.82, 2.24) is 0 Å². The monoisotopic (exact) mass is 557 g/mol. The molecular weight excluding hydrogens is 533 g/mol. The maximum atomic E-state index is 14.4. The summed E-state index contributed by atoms with van der Waals surface area (Å²) in [6.07, 6.45) is 3.82. The zero-order chi connectivity index (χ0) is 26.3. The summed E-state index contributed by atoms with van der Waals surface area (Å²) in [4.78, 5) is 45.2. The normalized spacial score (nSPS) is 23.3. The van der Waals surface area contributed by atoms with Crippen LogP contribution in [0.3, 0.4) is 0 Å². The van der Waals surface area contributed by atoms with Crippen LogP contribution in [0.1, 0.15) is 58.5 Å². The predicted molar refractivity (Wildman–Crippen MR) is 144 cm³/mol. The molecule has 4 nitrogen and oxygen atoms in total. The zero-order valence-corrected chi connectivity index (χ0v) is 22.3. The highest BCUT2D eigenvalue weighted by Crippen LogP contribution is 2.61. The maximum Gasteiger partial charge on any atom is 0.180 e. The molecule has 0 aromatic heterocycles. The lowest BCUT2D eigenvalue weighted by Crippen LogP contribution is -2.49. The fourth-order valence-electron chi connectivity index (χ4n) is 6.43. The number of Topliss-reactive ketones (excluding diaryl/α,β-unsaturated/α-hetero) is 3. The van der Waals surface area contributed by atoms with Gasteiger partial charge >= 0.3 is 0 Å². The number of hydrogen-bond acceptors (Lipinski definition) is 4. The summed E-state index contributed by atoms with van der Waals surface area (Å²) in [5, 5.41) is 0. The van der Waals surface area contributed by atoms with E-state index in [2.05, 4.69) is 15.9 Å². The third-order valence-electron chi connectivity index (χ3n) is 8.00. The van der Waals surface area contributed by atoms with E-state index in [9.17, 15) is 18.8 Å². The summed E-state index contributed by atoms with van der Waals surface area (Å²) in [7, 11) is 0. The zero-order valence-electron chi connectivity index (χ0n) is 20.7. The minimum absolute atomic E-state index is 0.0792. The number of nitrogens with zero attached hydrogens (tertiary/aromatic N) is 1. The van der Waals surface area contributed by atoms with Gasteiger partial charge in [-0.1, -0.05) is 85.3 Å². The quantitative estimate of drug-likeness (QED) is 0.331. The molecule has 1 saturated heterocycles. The molecule has 2 aliphatic heterocycles. The van der Waals surface area contributed by atoms with Gasteiger partial charge in [-0.05, 0) is 41.5 Å². The second-order valence-corrected chi connectivity index (χ2v) is 12.0. The van der Waals surface area contributed by atoms with Crippen molar-refractivity contribution in [3.05, 3.63) is 105 Å². The highest BCUT2D eigenvalue weighted by molar-refractivity contribution is 9.10. The fraction of sp³-hybridized carbons (Fsp3) is 0.258. The smallest absolute Gasteiger partial charge is 0.180 e. The standard InChI is InChI=1S/C31H25BrFNO3/c1-30(2,3)29(37)26-25(17-8-12-20(33)13-9-17)31(27(35)21-6-4-5-7-22(21)28(31)36)24-15-10-18-16-19(32)11-14-23(18)34(24)26/h4-16,24-26H,1-3H3/t24-,25-,26-/m0/s1. The van der Waals surface area contributed by atoms with Gasteiger partial charge in [0, 0.05) is 32.6 Å². The Balaban J connectivity index is 1.70. The van der Waals surface area contributed by atoms with Crippen molar-refractivity contribution in [3.8, 4) is 0 Å². The Morgan fingerprint density at radius 2 is 1.57 bits per heavy atom. The van der Waals surface area contributed by atoms with Crippen LogP contribution in [-0.4, -0.2) is 29.4 Å². The molecule has 2 heterocycles. The summed E-state index contributed by atoms with van der Waals surface area (Å²) in [5.74, 6) is -1.88. The number of benzene rings is 3. The summed E-state index contributed by atoms with van der Waals surface area (Å²) in [5.41, 5.74) is 0.708. The molecule has 3 aromatic carbocycles. The second kappa shape index (κ2) is 8.06. The van der Waals surface area contributed by atoms with Gasteiger partial charge in [0.15, 0.2) is 17.3 Å². The molecule has 1 spiro atoms. The van der Waals surface area contributed by atoms with Crippen LogP contribution in [0.5, 0.6) is 0 Å². The minimum atomic E-state index is -1.56. The Labute approximate surface area is 223 Å². The average molecular weight is 558 g/mol. The summed E-state index contributed by atoms with van der Waals surface area (Å²) >= 11 is 3.53. The van der Waals surface area contributed by atoms with E-state index < -0.39 is 34.6 Å². The molecule has 1 aliphatic carbocycles. The average Bonchev–Trinajstić information content (AvgIpc) is 3.29. The van der Waals surface area contributed by atoms with Crippen LogP contribution in [-0.2, 0) is 4.79 Å². The van der Waals surface area contributed by atoms with Gasteiger partial charge in [0.05, 0.1) is 12.1 Å². The van der Waals surface area contributed by atoms with Gasteiger partial charge in [0.1, 0.15) is 11.2 Å². The molecule has 0 N–H and O–H groups in total. The Kier molecular flexibility index (Phi) is 5.22. The summed E-state index contributed by atoms with van der Waals surface area (Å²) < 4.78 is 14.9. The molecule has 6 rings (SSSR count). The Morgan fingerprint density at radius 1 is 0.946 bits per heavy atom. The number of anilines is 1. The van der Waals surface area contributed by atoms with Crippen molar-refractivity contribution in [2.75, 3.05) is 4.90 Å². The largest absolute Gasteiger partial charge is 0.352 e. The first-order chi connectivity index (χ1) is 17.6. The molecule has 3 aliphatic rings. The SMILES string of the molecule is CC(C)(C)C(=O)[C@@H]1[C@H](c2ccc(F)cc2)C2(C(=O)c3ccccc3C2=O)[C@@H]2C=Cc3cc(Br)ccc3N12. The van der Waals surface area contributed by atoms with Crippen molar-refractivity contribution >= 4 is 45.0 Å². The molecule has 37 heavy (non-hydrogen) atoms. The van der Waals surface area contributed by atoms with E-state index >= 15 is 0 Å². The van der Waals surface area contributed by atoms with Crippen LogP contribution in [0.4, 0.5) is 10.1 Å². The number of fused-ring (bicyclic) bond motifs is 5. The molecule has 0 bridgehead atoms. The van der Waals surface area contributed by atoms with Crippen molar-refractivity contribution in [3.63, 3.8) is 0 Å². The molecular formula is C31H25BrFNO3. The number of carbonyl (C=O) groups excluding carboxylic acids is 3. The van der Waals surface area contributed by atoms with Gasteiger partial charge in [-0.25, -0.2) is 4.39 Å². The number of ketones is 3. The first-order valence-corrected chi connectivity index (χ1v) is 13.1. The molecule has 0 saturated carbocycles. The number of hydrogen-bond donors (Lipinski definition) is 0. The van der Waals surface area contributed by atoms with Crippen LogP contribution in [0.25, 0.3) is 6.08 Å². The topological polar surface area (TPSA) is 54.5 Å². The predicted octanol–water partition coefficient (Wildman–Crippen LogP) is 6.64. The highest BCUT2D eigenvalue weighted by Gasteiger charge is 2.71. The molecule has 0 radical (unpaired) electrons. The molecule has 186 valence electrons. The number of halogens is 2. The fourth-order valence-corrected chi connectivity index (χ4v) is 6.81. The van der Waals surface area contributed by atoms with Gasteiger partial charge in [-0.2, -0.15) is 0 Å². The summed E-state index contributed by atoms with van der Waals surface area (Å²) in [6, 6.07) is 17.1. The Hall–Kier alpha value is -3.38. The van der Waals surface area contributed by atoms with Gasteiger partial charge in [0.2, 0.25) is 0 Å². The van der Waals surface area contributed by atoms with Gasteiger partial charge in [-0.15, -0.1) is 0 Å². The lowest BCUT2D eigenvalue weighted by atomic mass is 9.63. The Bertz CT molecular complexity index is 1480. The third-order valence-corrected chi connectivity index (χ3v) is 8.50. The van der Waals surface area contributed by atoms with Crippen LogP contribution < -0.4 is 4.90 Å². The lowest BCUT2D eigenvalue weighted by molar-refractivity contribution is -0.127. The van der Waals surface area contributed by atoms with Crippen molar-refractivity contribution in [1.29, 1.82) is 0 Å². The van der Waals surface area contributed by atoms with Crippen LogP contribution >= 0.6 is 15.9 Å². The van der Waals surface area contributed by atoms with E-state index in [0.29, 0.717) is 16.7 Å². The first-order valence-electron chi connectivity index (χ1n) is 12.3. The van der Waals surface area contributed by atoms with E-state index in [1.165, 1.54) is 12.1 Å². The highest BCUT2D eigenvalue weighted by atomic mass is 79.9. The van der Waals surface area contributed by atoms with Crippen LogP contribution in [0.15, 0.2) is 77.3 Å². The first kappa shape index (κ1) is 24.0. The number of rotatable bonds is 2. The molecule has 0 amide bonds. The van der Waals surface area contributed by atoms with E-state index in [0.717, 1.165) is 15.7 Å². The second-order valence-electron chi connectivity index (χ2n) is 11.1. The summed E-state index contributed by atoms with van der Waals surface area (Å²) in [6.45, 7) is 5.56. The van der Waals surface area contributed by atoms with Crippen molar-refractivity contribution in [2.24, 2.45) is 10.8 Å². The van der Waals surface area contributed by atoms with Crippen molar-refractivity contribution < 1.29 is 18.8 Å². The molecule has 0 unspecified atom stereocenters. The lowest BCUT2D eigenvalue weighted by Gasteiger charge is -2.38. The van der Waals surface area contributed by atoms with Gasteiger partial charge in [-0.3, -0.25) is 14.4 Å². The van der Waals surface area contributed by atoms with E-state index in [4.69, 9.17) is 0 Å². The third kappa shape index (κ3) is 3.21. The molecule has 6 heteroatoms. The van der Waals surface area contributed by atoms with Gasteiger partial charge < -0.3 is 4.90 Å². The Morgan fingerprint density at radius 3 is 2.16 bits per heavy atom. The molecule has 3 aromatic rings. The van der Waals surface area contributed by atoms with Crippen LogP contribution in [0, 0.1) is 16.6 Å². The number of carbonyl (C=O) groups is 3. The van der Waals surface area contributed by atoms with Crippen molar-refractivity contribution in [2.45, 2.75) is 38.8 Å². The van der Waals surface area contributed by atoms with Crippen LogP contribution in [0.2, 0.25) is 0 Å². The molecule has 1 fully saturated rings. The van der Waals surface area contributed by atoms with E-state index in [1.54, 1.807) is 36.4 Å². The molecule has 3 atom stereocenters. The van der Waals surface area contributed by atoms with E-state index in [1.807, 2.05) is 56.0 Å².